The van der Waals surface area contributed by atoms with Gasteiger partial charge in [-0.2, -0.15) is 11.8 Å². The van der Waals surface area contributed by atoms with E-state index in [1.807, 2.05) is 6.92 Å². The molecule has 1 aromatic rings. The largest absolute Gasteiger partial charge is 0.387 e. The zero-order chi connectivity index (χ0) is 14.6. The fourth-order valence-electron chi connectivity index (χ4n) is 2.12. The third-order valence-corrected chi connectivity index (χ3v) is 4.72. The van der Waals surface area contributed by atoms with E-state index in [-0.39, 0.29) is 12.5 Å². The molecule has 6 heteroatoms. The molecule has 0 bridgehead atoms. The van der Waals surface area contributed by atoms with E-state index in [0.717, 1.165) is 18.0 Å². The highest BCUT2D eigenvalue weighted by atomic mass is 35.5. The summed E-state index contributed by atoms with van der Waals surface area (Å²) in [6, 6.07) is 5.18. The van der Waals surface area contributed by atoms with Crippen LogP contribution in [-0.4, -0.2) is 41.2 Å². The lowest BCUT2D eigenvalue weighted by molar-refractivity contribution is 0.0613. The molecule has 0 radical (unpaired) electrons. The van der Waals surface area contributed by atoms with Gasteiger partial charge in [-0.1, -0.05) is 11.6 Å². The van der Waals surface area contributed by atoms with Crippen molar-refractivity contribution in [3.63, 3.8) is 0 Å². The highest BCUT2D eigenvalue weighted by molar-refractivity contribution is 7.99. The predicted molar refractivity (Wildman–Crippen MR) is 84.8 cm³/mol. The number of benzene rings is 1. The molecule has 1 saturated heterocycles. The van der Waals surface area contributed by atoms with Crippen LogP contribution in [0.3, 0.4) is 0 Å². The van der Waals surface area contributed by atoms with E-state index in [4.69, 9.17) is 11.6 Å². The van der Waals surface area contributed by atoms with Crippen molar-refractivity contribution in [1.29, 1.82) is 0 Å². The SMILES string of the molecule is CCNc1ccc(Cl)cc1C(=O)NC[C@@]1(O)CCSC1. The Kier molecular flexibility index (Phi) is 5.18. The van der Waals surface area contributed by atoms with E-state index < -0.39 is 5.60 Å². The Hall–Kier alpha value is -0.910. The first-order valence-electron chi connectivity index (χ1n) is 6.66. The molecule has 0 saturated carbocycles. The first kappa shape index (κ1) is 15.5. The molecule has 2 rings (SSSR count). The van der Waals surface area contributed by atoms with Crippen LogP contribution < -0.4 is 10.6 Å². The van der Waals surface area contributed by atoms with Crippen LogP contribution in [-0.2, 0) is 0 Å². The van der Waals surface area contributed by atoms with Crippen molar-refractivity contribution in [1.82, 2.24) is 5.32 Å². The van der Waals surface area contributed by atoms with Gasteiger partial charge < -0.3 is 15.7 Å². The summed E-state index contributed by atoms with van der Waals surface area (Å²) in [4.78, 5) is 12.3. The van der Waals surface area contributed by atoms with Crippen molar-refractivity contribution in [2.24, 2.45) is 0 Å². The Labute approximate surface area is 128 Å². The van der Waals surface area contributed by atoms with E-state index in [1.54, 1.807) is 30.0 Å². The second-order valence-electron chi connectivity index (χ2n) is 4.93. The van der Waals surface area contributed by atoms with E-state index in [0.29, 0.717) is 22.8 Å². The highest BCUT2D eigenvalue weighted by Gasteiger charge is 2.32. The standard InChI is InChI=1S/C14H19ClN2O2S/c1-2-16-12-4-3-10(15)7-11(12)13(18)17-8-14(19)5-6-20-9-14/h3-4,7,16,19H,2,5-6,8-9H2,1H3,(H,17,18)/t14-/m0/s1. The van der Waals surface area contributed by atoms with E-state index >= 15 is 0 Å². The van der Waals surface area contributed by atoms with Gasteiger partial charge in [-0.25, -0.2) is 0 Å². The minimum atomic E-state index is -0.781. The van der Waals surface area contributed by atoms with Crippen LogP contribution in [0.2, 0.25) is 5.02 Å². The van der Waals surface area contributed by atoms with Gasteiger partial charge in [0, 0.05) is 29.6 Å². The van der Waals surface area contributed by atoms with Crippen molar-refractivity contribution in [2.45, 2.75) is 18.9 Å². The smallest absolute Gasteiger partial charge is 0.253 e. The van der Waals surface area contributed by atoms with Crippen molar-refractivity contribution < 1.29 is 9.90 Å². The van der Waals surface area contributed by atoms with Gasteiger partial charge in [-0.05, 0) is 37.3 Å². The number of halogens is 1. The number of hydrogen-bond acceptors (Lipinski definition) is 4. The van der Waals surface area contributed by atoms with Gasteiger partial charge in [0.15, 0.2) is 0 Å². The van der Waals surface area contributed by atoms with Crippen LogP contribution in [0.1, 0.15) is 23.7 Å². The maximum atomic E-state index is 12.3. The first-order valence-corrected chi connectivity index (χ1v) is 8.19. The molecule has 0 aromatic heterocycles. The monoisotopic (exact) mass is 314 g/mol. The van der Waals surface area contributed by atoms with Crippen molar-refractivity contribution in [2.75, 3.05) is 29.9 Å². The molecule has 1 aliphatic heterocycles. The van der Waals surface area contributed by atoms with Crippen LogP contribution in [0.15, 0.2) is 18.2 Å². The summed E-state index contributed by atoms with van der Waals surface area (Å²) in [5, 5.41) is 16.7. The molecule has 1 heterocycles. The molecule has 20 heavy (non-hydrogen) atoms. The van der Waals surface area contributed by atoms with Crippen molar-refractivity contribution in [3.8, 4) is 0 Å². The fourth-order valence-corrected chi connectivity index (χ4v) is 3.59. The number of aliphatic hydroxyl groups is 1. The first-order chi connectivity index (χ1) is 9.54. The number of thioether (sulfide) groups is 1. The summed E-state index contributed by atoms with van der Waals surface area (Å²) in [6.45, 7) is 2.97. The van der Waals surface area contributed by atoms with Crippen molar-refractivity contribution >= 4 is 35.0 Å². The zero-order valence-corrected chi connectivity index (χ0v) is 13.0. The molecule has 0 aliphatic carbocycles. The Morgan fingerprint density at radius 1 is 1.55 bits per heavy atom. The lowest BCUT2D eigenvalue weighted by atomic mass is 10.0. The topological polar surface area (TPSA) is 61.4 Å². The molecule has 1 amide bonds. The Morgan fingerprint density at radius 2 is 2.35 bits per heavy atom. The third-order valence-electron chi connectivity index (χ3n) is 3.25. The number of nitrogens with one attached hydrogen (secondary N) is 2. The van der Waals surface area contributed by atoms with Crippen LogP contribution in [0, 0.1) is 0 Å². The number of amides is 1. The molecule has 0 unspecified atom stereocenters. The number of rotatable bonds is 5. The molecule has 1 fully saturated rings. The number of hydrogen-bond donors (Lipinski definition) is 3. The van der Waals surface area contributed by atoms with Crippen LogP contribution in [0.5, 0.6) is 0 Å². The second kappa shape index (κ2) is 6.70. The van der Waals surface area contributed by atoms with Crippen molar-refractivity contribution in [3.05, 3.63) is 28.8 Å². The minimum absolute atomic E-state index is 0.214. The van der Waals surface area contributed by atoms with Crippen LogP contribution in [0.25, 0.3) is 0 Å². The molecule has 1 atom stereocenters. The fraction of sp³-hybridized carbons (Fsp3) is 0.500. The minimum Gasteiger partial charge on any atom is -0.387 e. The molecule has 1 aliphatic rings. The Balaban J connectivity index is 2.06. The Morgan fingerprint density at radius 3 is 3.00 bits per heavy atom. The molecule has 0 spiro atoms. The van der Waals surface area contributed by atoms with Gasteiger partial charge in [-0.15, -0.1) is 0 Å². The number of carbonyl (C=O) groups excluding carboxylic acids is 1. The summed E-state index contributed by atoms with van der Waals surface area (Å²) in [5.74, 6) is 1.39. The molecule has 4 nitrogen and oxygen atoms in total. The quantitative estimate of drug-likeness (QED) is 0.781. The molecular weight excluding hydrogens is 296 g/mol. The lowest BCUT2D eigenvalue weighted by Gasteiger charge is -2.22. The predicted octanol–water partition coefficient (Wildman–Crippen LogP) is 2.37. The highest BCUT2D eigenvalue weighted by Crippen LogP contribution is 2.27. The normalized spacial score (nSPS) is 21.8. The molecular formula is C14H19ClN2O2S. The van der Waals surface area contributed by atoms with Crippen LogP contribution >= 0.6 is 23.4 Å². The van der Waals surface area contributed by atoms with Gasteiger partial charge in [0.05, 0.1) is 11.2 Å². The maximum absolute atomic E-state index is 12.3. The van der Waals surface area contributed by atoms with Gasteiger partial charge in [0.25, 0.3) is 5.91 Å². The molecule has 110 valence electrons. The van der Waals surface area contributed by atoms with Gasteiger partial charge >= 0.3 is 0 Å². The average Bonchev–Trinajstić information content (AvgIpc) is 2.86. The third kappa shape index (κ3) is 3.81. The van der Waals surface area contributed by atoms with Crippen LogP contribution in [0.4, 0.5) is 5.69 Å². The Bertz CT molecular complexity index is 490. The maximum Gasteiger partial charge on any atom is 0.253 e. The van der Waals surface area contributed by atoms with E-state index in [9.17, 15) is 9.90 Å². The molecule has 1 aromatic carbocycles. The summed E-state index contributed by atoms with van der Waals surface area (Å²) >= 11 is 7.66. The van der Waals surface area contributed by atoms with Gasteiger partial charge in [0.2, 0.25) is 0 Å². The van der Waals surface area contributed by atoms with Gasteiger partial charge in [-0.3, -0.25) is 4.79 Å². The number of anilines is 1. The van der Waals surface area contributed by atoms with E-state index in [1.165, 1.54) is 0 Å². The number of carbonyl (C=O) groups is 1. The van der Waals surface area contributed by atoms with E-state index in [2.05, 4.69) is 10.6 Å². The lowest BCUT2D eigenvalue weighted by Crippen LogP contribution is -2.43. The van der Waals surface area contributed by atoms with Gasteiger partial charge in [0.1, 0.15) is 0 Å². The summed E-state index contributed by atoms with van der Waals surface area (Å²) < 4.78 is 0. The summed E-state index contributed by atoms with van der Waals surface area (Å²) in [6.07, 6.45) is 0.716. The average molecular weight is 315 g/mol. The summed E-state index contributed by atoms with van der Waals surface area (Å²) in [5.41, 5.74) is 0.479. The zero-order valence-electron chi connectivity index (χ0n) is 11.4. The second-order valence-corrected chi connectivity index (χ2v) is 6.47. The summed E-state index contributed by atoms with van der Waals surface area (Å²) in [7, 11) is 0. The molecule has 3 N–H and O–H groups in total.